The minimum absolute atomic E-state index is 0.0732. The Balaban J connectivity index is 1.30. The van der Waals surface area contributed by atoms with Gasteiger partial charge in [0.1, 0.15) is 0 Å². The molecule has 0 radical (unpaired) electrons. The summed E-state index contributed by atoms with van der Waals surface area (Å²) in [6, 6.07) is 42.0. The fourth-order valence-corrected chi connectivity index (χ4v) is 8.74. The van der Waals surface area contributed by atoms with Crippen LogP contribution in [0.3, 0.4) is 0 Å². The van der Waals surface area contributed by atoms with Gasteiger partial charge in [-0.1, -0.05) is 107 Å². The van der Waals surface area contributed by atoms with Crippen molar-refractivity contribution in [2.75, 3.05) is 0 Å². The van der Waals surface area contributed by atoms with Crippen molar-refractivity contribution in [3.8, 4) is 22.3 Å². The predicted molar refractivity (Wildman–Crippen MR) is 180 cm³/mol. The van der Waals surface area contributed by atoms with E-state index in [-0.39, 0.29) is 10.8 Å². The highest BCUT2D eigenvalue weighted by Crippen LogP contribution is 2.58. The van der Waals surface area contributed by atoms with E-state index in [1.54, 1.807) is 0 Å². The van der Waals surface area contributed by atoms with Crippen molar-refractivity contribution < 1.29 is 0 Å². The third-order valence-electron chi connectivity index (χ3n) is 10.9. The van der Waals surface area contributed by atoms with Crippen LogP contribution in [0.25, 0.3) is 76.1 Å². The average molecular weight is 535 g/mol. The zero-order valence-electron chi connectivity index (χ0n) is 24.4. The summed E-state index contributed by atoms with van der Waals surface area (Å²) in [6.45, 7) is 9.69. The molecule has 8 aromatic rings. The van der Waals surface area contributed by atoms with Crippen molar-refractivity contribution in [1.82, 2.24) is 0 Å². The Hall–Kier alpha value is -4.68. The second-order valence-electron chi connectivity index (χ2n) is 13.8. The number of fused-ring (bicyclic) bond motifs is 10. The number of hydrogen-bond donors (Lipinski definition) is 0. The molecule has 0 unspecified atom stereocenters. The lowest BCUT2D eigenvalue weighted by molar-refractivity contribution is 0.653. The van der Waals surface area contributed by atoms with Crippen molar-refractivity contribution in [1.29, 1.82) is 0 Å². The maximum Gasteiger partial charge on any atom is 0.0159 e. The molecule has 0 aliphatic heterocycles. The van der Waals surface area contributed by atoms with E-state index in [4.69, 9.17) is 0 Å². The van der Waals surface area contributed by atoms with Crippen molar-refractivity contribution in [3.05, 3.63) is 131 Å². The normalized spacial score (nSPS) is 16.0. The summed E-state index contributed by atoms with van der Waals surface area (Å²) in [6.07, 6.45) is 0. The standard InChI is InChI=1S/C42H30/c1-41(2)34-18-26-14-12-23-8-5-6-11-28(23)30(26)20-31(34)32-21-36-33(22-35(32)41)40-29-17-16-25-10-7-9-24-13-15-27(39(29)38(24)25)19-37(40)42(36,3)4/h5-22H,1-4H3. The summed E-state index contributed by atoms with van der Waals surface area (Å²) >= 11 is 0. The van der Waals surface area contributed by atoms with Crippen molar-refractivity contribution in [2.24, 2.45) is 0 Å². The molecule has 42 heavy (non-hydrogen) atoms. The highest BCUT2D eigenvalue weighted by molar-refractivity contribution is 6.26. The largest absolute Gasteiger partial charge is 0.0616 e. The molecule has 10 rings (SSSR count). The average Bonchev–Trinajstić information content (AvgIpc) is 3.36. The van der Waals surface area contributed by atoms with Gasteiger partial charge in [-0.15, -0.1) is 0 Å². The summed E-state index contributed by atoms with van der Waals surface area (Å²) < 4.78 is 0. The Morgan fingerprint density at radius 2 is 0.929 bits per heavy atom. The highest BCUT2D eigenvalue weighted by atomic mass is 14.5. The van der Waals surface area contributed by atoms with Crippen molar-refractivity contribution in [2.45, 2.75) is 38.5 Å². The third kappa shape index (κ3) is 2.57. The fraction of sp³-hybridized carbons (Fsp3) is 0.143. The second kappa shape index (κ2) is 7.20. The van der Waals surface area contributed by atoms with Crippen LogP contribution < -0.4 is 0 Å². The smallest absolute Gasteiger partial charge is 0.0159 e. The molecule has 198 valence electrons. The zero-order valence-corrected chi connectivity index (χ0v) is 24.4. The van der Waals surface area contributed by atoms with E-state index < -0.39 is 0 Å². The van der Waals surface area contributed by atoms with E-state index in [9.17, 15) is 0 Å². The number of benzene rings is 8. The van der Waals surface area contributed by atoms with Gasteiger partial charge >= 0.3 is 0 Å². The molecule has 0 aromatic heterocycles. The summed E-state index contributed by atoms with van der Waals surface area (Å²) in [7, 11) is 0. The van der Waals surface area contributed by atoms with Gasteiger partial charge in [0.15, 0.2) is 0 Å². The van der Waals surface area contributed by atoms with E-state index in [0.29, 0.717) is 0 Å². The first kappa shape index (κ1) is 22.9. The molecule has 0 saturated heterocycles. The van der Waals surface area contributed by atoms with Crippen LogP contribution in [0.5, 0.6) is 0 Å². The summed E-state index contributed by atoms with van der Waals surface area (Å²) in [5, 5.41) is 13.5. The molecule has 0 heteroatoms. The fourth-order valence-electron chi connectivity index (χ4n) is 8.74. The molecule has 2 aliphatic carbocycles. The molecule has 8 aromatic carbocycles. The lowest BCUT2D eigenvalue weighted by Gasteiger charge is -2.24. The molecule has 0 amide bonds. The van der Waals surface area contributed by atoms with Crippen LogP contribution in [0.4, 0.5) is 0 Å². The van der Waals surface area contributed by atoms with Crippen LogP contribution in [-0.2, 0) is 10.8 Å². The molecular formula is C42H30. The van der Waals surface area contributed by atoms with Gasteiger partial charge in [-0.05, 0) is 129 Å². The van der Waals surface area contributed by atoms with Gasteiger partial charge in [-0.2, -0.15) is 0 Å². The molecule has 0 heterocycles. The molecule has 0 bridgehead atoms. The summed E-state index contributed by atoms with van der Waals surface area (Å²) in [4.78, 5) is 0. The Labute approximate surface area is 245 Å². The zero-order chi connectivity index (χ0) is 28.1. The first-order valence-electron chi connectivity index (χ1n) is 15.2. The number of rotatable bonds is 0. The summed E-state index contributed by atoms with van der Waals surface area (Å²) in [5.74, 6) is 0. The van der Waals surface area contributed by atoms with Gasteiger partial charge in [0.2, 0.25) is 0 Å². The maximum absolute atomic E-state index is 2.57. The van der Waals surface area contributed by atoms with Crippen molar-refractivity contribution >= 4 is 53.9 Å². The van der Waals surface area contributed by atoms with Crippen LogP contribution in [0.1, 0.15) is 49.9 Å². The van der Waals surface area contributed by atoms with Crippen LogP contribution in [0.2, 0.25) is 0 Å². The Bertz CT molecular complexity index is 2490. The molecular weight excluding hydrogens is 504 g/mol. The monoisotopic (exact) mass is 534 g/mol. The Morgan fingerprint density at radius 1 is 0.357 bits per heavy atom. The first-order valence-corrected chi connectivity index (χ1v) is 15.2. The van der Waals surface area contributed by atoms with E-state index in [1.165, 1.54) is 98.4 Å². The molecule has 0 fully saturated rings. The molecule has 0 nitrogen and oxygen atoms in total. The molecule has 0 N–H and O–H groups in total. The minimum atomic E-state index is -0.0827. The molecule has 0 saturated carbocycles. The van der Waals surface area contributed by atoms with Crippen molar-refractivity contribution in [3.63, 3.8) is 0 Å². The lowest BCUT2D eigenvalue weighted by Crippen LogP contribution is -2.17. The summed E-state index contributed by atoms with van der Waals surface area (Å²) in [5.41, 5.74) is 11.3. The minimum Gasteiger partial charge on any atom is -0.0616 e. The SMILES string of the molecule is CC1(C)c2cc3c(cc2-c2cc4c(ccc5ccccc54)cc21)C(C)(C)c1cc2ccc4cccc5ccc(c1-3)c2c45. The van der Waals surface area contributed by atoms with Gasteiger partial charge in [-0.25, -0.2) is 0 Å². The predicted octanol–water partition coefficient (Wildman–Crippen LogP) is 11.5. The van der Waals surface area contributed by atoms with Gasteiger partial charge in [0.25, 0.3) is 0 Å². The van der Waals surface area contributed by atoms with E-state index in [1.807, 2.05) is 0 Å². The first-order chi connectivity index (χ1) is 20.3. The van der Waals surface area contributed by atoms with E-state index >= 15 is 0 Å². The topological polar surface area (TPSA) is 0 Å². The van der Waals surface area contributed by atoms with Gasteiger partial charge < -0.3 is 0 Å². The Kier molecular flexibility index (Phi) is 3.93. The van der Waals surface area contributed by atoms with Gasteiger partial charge in [0, 0.05) is 10.8 Å². The molecule has 0 atom stereocenters. The van der Waals surface area contributed by atoms with Gasteiger partial charge in [0.05, 0.1) is 0 Å². The lowest BCUT2D eigenvalue weighted by atomic mass is 9.79. The molecule has 0 spiro atoms. The number of hydrogen-bond acceptors (Lipinski definition) is 0. The van der Waals surface area contributed by atoms with Crippen LogP contribution in [-0.4, -0.2) is 0 Å². The van der Waals surface area contributed by atoms with Crippen LogP contribution >= 0.6 is 0 Å². The highest BCUT2D eigenvalue weighted by Gasteiger charge is 2.42. The van der Waals surface area contributed by atoms with Gasteiger partial charge in [-0.3, -0.25) is 0 Å². The third-order valence-corrected chi connectivity index (χ3v) is 10.9. The van der Waals surface area contributed by atoms with E-state index in [0.717, 1.165) is 0 Å². The quantitative estimate of drug-likeness (QED) is 0.170. The maximum atomic E-state index is 2.57. The Morgan fingerprint density at radius 3 is 1.79 bits per heavy atom. The van der Waals surface area contributed by atoms with Crippen LogP contribution in [0.15, 0.2) is 109 Å². The second-order valence-corrected chi connectivity index (χ2v) is 13.8. The van der Waals surface area contributed by atoms with E-state index in [2.05, 4.69) is 137 Å². The molecule has 2 aliphatic rings. The van der Waals surface area contributed by atoms with Crippen LogP contribution in [0, 0.1) is 0 Å².